The Labute approximate surface area is 176 Å². The number of nitriles is 1. The molecule has 0 radical (unpaired) electrons. The normalized spacial score (nSPS) is 26.0. The van der Waals surface area contributed by atoms with Gasteiger partial charge in [0.2, 0.25) is 0 Å². The molecule has 11 heteroatoms. The van der Waals surface area contributed by atoms with Crippen molar-refractivity contribution in [3.05, 3.63) is 39.2 Å². The zero-order chi connectivity index (χ0) is 21.6. The van der Waals surface area contributed by atoms with Crippen molar-refractivity contribution in [2.24, 2.45) is 11.0 Å². The van der Waals surface area contributed by atoms with Gasteiger partial charge in [0.25, 0.3) is 0 Å². The van der Waals surface area contributed by atoms with Gasteiger partial charge >= 0.3 is 11.9 Å². The van der Waals surface area contributed by atoms with Crippen LogP contribution in [0.3, 0.4) is 0 Å². The van der Waals surface area contributed by atoms with Gasteiger partial charge in [-0.2, -0.15) is 5.26 Å². The molecule has 0 amide bonds. The molecule has 29 heavy (non-hydrogen) atoms. The summed E-state index contributed by atoms with van der Waals surface area (Å²) in [6, 6.07) is 6.23. The Morgan fingerprint density at radius 2 is 2.14 bits per heavy atom. The third-order valence-electron chi connectivity index (χ3n) is 4.23. The first-order valence-corrected chi connectivity index (χ1v) is 9.89. The van der Waals surface area contributed by atoms with Crippen LogP contribution in [0.4, 0.5) is 0 Å². The van der Waals surface area contributed by atoms with E-state index in [2.05, 4.69) is 10.0 Å². The average Bonchev–Trinajstić information content (AvgIpc) is 2.65. The number of halogens is 1. The lowest BCUT2D eigenvalue weighted by molar-refractivity contribution is -0.182. The van der Waals surface area contributed by atoms with Crippen molar-refractivity contribution in [1.82, 2.24) is 0 Å². The minimum absolute atomic E-state index is 0.164. The number of benzene rings is 1. The zero-order valence-corrected chi connectivity index (χ0v) is 17.5. The van der Waals surface area contributed by atoms with Crippen LogP contribution in [0.2, 0.25) is 5.02 Å². The number of carbonyl (C=O) groups excluding carboxylic acids is 2. The summed E-state index contributed by atoms with van der Waals surface area (Å²) >= 11 is 7.41. The van der Waals surface area contributed by atoms with Crippen molar-refractivity contribution in [2.75, 3.05) is 6.61 Å². The third kappa shape index (κ3) is 6.02. The number of esters is 2. The molecule has 5 atom stereocenters. The predicted octanol–water partition coefficient (Wildman–Crippen LogP) is 3.84. The van der Waals surface area contributed by atoms with Crippen LogP contribution < -0.4 is 0 Å². The average molecular weight is 439 g/mol. The fraction of sp³-hybridized carbons (Fsp3) is 0.500. The van der Waals surface area contributed by atoms with Gasteiger partial charge in [-0.1, -0.05) is 35.4 Å². The molecule has 1 aliphatic heterocycles. The van der Waals surface area contributed by atoms with Crippen LogP contribution >= 0.6 is 23.4 Å². The maximum absolute atomic E-state index is 11.6. The van der Waals surface area contributed by atoms with Gasteiger partial charge in [0, 0.05) is 29.6 Å². The summed E-state index contributed by atoms with van der Waals surface area (Å²) in [6.45, 7) is 4.13. The summed E-state index contributed by atoms with van der Waals surface area (Å²) in [4.78, 5) is 26.4. The molecule has 0 bridgehead atoms. The predicted molar refractivity (Wildman–Crippen MR) is 105 cm³/mol. The molecule has 2 rings (SSSR count). The lowest BCUT2D eigenvalue weighted by Crippen LogP contribution is -2.55. The lowest BCUT2D eigenvalue weighted by Gasteiger charge is -2.43. The summed E-state index contributed by atoms with van der Waals surface area (Å²) < 4.78 is 16.4. The highest BCUT2D eigenvalue weighted by Crippen LogP contribution is 2.40. The molecule has 0 aromatic heterocycles. The molecule has 1 heterocycles. The molecular formula is C18H19ClN4O5S. The minimum Gasteiger partial charge on any atom is -0.463 e. The largest absolute Gasteiger partial charge is 0.463 e. The van der Waals surface area contributed by atoms with E-state index in [0.717, 1.165) is 4.90 Å². The van der Waals surface area contributed by atoms with E-state index in [1.807, 2.05) is 6.07 Å². The second kappa shape index (κ2) is 10.4. The minimum atomic E-state index is -0.904. The number of azide groups is 1. The number of nitrogens with zero attached hydrogens (tertiary/aromatic N) is 4. The number of rotatable bonds is 6. The fourth-order valence-corrected chi connectivity index (χ4v) is 4.35. The Hall–Kier alpha value is -2.44. The van der Waals surface area contributed by atoms with E-state index in [9.17, 15) is 9.59 Å². The van der Waals surface area contributed by atoms with Gasteiger partial charge in [0.1, 0.15) is 30.3 Å². The van der Waals surface area contributed by atoms with Crippen molar-refractivity contribution >= 4 is 35.3 Å². The summed E-state index contributed by atoms with van der Waals surface area (Å²) in [6.07, 6.45) is -1.72. The maximum atomic E-state index is 11.6. The summed E-state index contributed by atoms with van der Waals surface area (Å²) in [7, 11) is 0. The number of hydrogen-bond acceptors (Lipinski definition) is 8. The van der Waals surface area contributed by atoms with Gasteiger partial charge in [0.15, 0.2) is 0 Å². The van der Waals surface area contributed by atoms with Gasteiger partial charge in [-0.3, -0.25) is 9.59 Å². The van der Waals surface area contributed by atoms with Gasteiger partial charge < -0.3 is 14.2 Å². The molecule has 0 N–H and O–H groups in total. The van der Waals surface area contributed by atoms with Crippen molar-refractivity contribution in [1.29, 1.82) is 5.26 Å². The van der Waals surface area contributed by atoms with Crippen molar-refractivity contribution in [3.8, 4) is 6.07 Å². The Balaban J connectivity index is 2.31. The van der Waals surface area contributed by atoms with Gasteiger partial charge in [-0.15, -0.1) is 0 Å². The number of hydrogen-bond donors (Lipinski definition) is 0. The Morgan fingerprint density at radius 3 is 2.69 bits per heavy atom. The molecule has 9 nitrogen and oxygen atoms in total. The number of thioether (sulfide) groups is 1. The Kier molecular flexibility index (Phi) is 8.17. The molecule has 1 saturated heterocycles. The molecule has 1 aliphatic rings. The van der Waals surface area contributed by atoms with Crippen LogP contribution in [0.25, 0.3) is 10.4 Å². The van der Waals surface area contributed by atoms with E-state index in [1.54, 1.807) is 25.1 Å². The lowest BCUT2D eigenvalue weighted by atomic mass is 9.91. The molecule has 1 aromatic carbocycles. The van der Waals surface area contributed by atoms with E-state index in [0.29, 0.717) is 10.6 Å². The van der Waals surface area contributed by atoms with Gasteiger partial charge in [0.05, 0.1) is 16.6 Å². The molecule has 0 saturated carbocycles. The monoisotopic (exact) mass is 438 g/mol. The van der Waals surface area contributed by atoms with Crippen LogP contribution in [0, 0.1) is 17.2 Å². The molecule has 0 aliphatic carbocycles. The highest BCUT2D eigenvalue weighted by Gasteiger charge is 2.46. The SMILES string of the molecule is CC(=O)OCC1O[C@H](Sc2ccc(C#N)c(Cl)c2)C(C)[C@@H](N=[N+]=[N-])[C@H]1OC(C)=O. The molecule has 2 unspecified atom stereocenters. The number of carbonyl (C=O) groups is 2. The quantitative estimate of drug-likeness (QED) is 0.285. The standard InChI is InChI=1S/C18H19ClN4O5S/c1-9-16(22-23-21)17(27-11(3)25)15(8-26-10(2)24)28-18(9)29-13-5-4-12(7-20)14(19)6-13/h4-6,9,15-18H,8H2,1-3H3/t9?,15?,16-,17+,18-/m1/s1. The maximum Gasteiger partial charge on any atom is 0.303 e. The van der Waals surface area contributed by atoms with Crippen molar-refractivity contribution in [2.45, 2.75) is 49.4 Å². The van der Waals surface area contributed by atoms with Gasteiger partial charge in [-0.25, -0.2) is 0 Å². The zero-order valence-electron chi connectivity index (χ0n) is 15.9. The molecule has 154 valence electrons. The van der Waals surface area contributed by atoms with E-state index in [-0.39, 0.29) is 12.5 Å². The third-order valence-corrected chi connectivity index (χ3v) is 5.84. The summed E-state index contributed by atoms with van der Waals surface area (Å²) in [5.74, 6) is -1.43. The highest BCUT2D eigenvalue weighted by atomic mass is 35.5. The number of ether oxygens (including phenoxy) is 3. The summed E-state index contributed by atoms with van der Waals surface area (Å²) in [5, 5.41) is 13.1. The summed E-state index contributed by atoms with van der Waals surface area (Å²) in [5.41, 5.74) is 8.84. The van der Waals surface area contributed by atoms with E-state index < -0.39 is 35.6 Å². The van der Waals surface area contributed by atoms with Crippen LogP contribution in [0.15, 0.2) is 28.2 Å². The smallest absolute Gasteiger partial charge is 0.303 e. The Bertz CT molecular complexity index is 870. The van der Waals surface area contributed by atoms with E-state index >= 15 is 0 Å². The second-order valence-electron chi connectivity index (χ2n) is 6.35. The van der Waals surface area contributed by atoms with Crippen molar-refractivity contribution in [3.63, 3.8) is 0 Å². The highest BCUT2D eigenvalue weighted by molar-refractivity contribution is 7.99. The molecule has 0 spiro atoms. The first-order valence-electron chi connectivity index (χ1n) is 8.63. The van der Waals surface area contributed by atoms with Crippen LogP contribution in [0.1, 0.15) is 26.3 Å². The van der Waals surface area contributed by atoms with Gasteiger partial charge in [-0.05, 0) is 23.7 Å². The first-order chi connectivity index (χ1) is 13.8. The molecule has 1 fully saturated rings. The van der Waals surface area contributed by atoms with E-state index in [4.69, 9.17) is 36.6 Å². The second-order valence-corrected chi connectivity index (χ2v) is 7.92. The topological polar surface area (TPSA) is 134 Å². The van der Waals surface area contributed by atoms with E-state index in [1.165, 1.54) is 25.6 Å². The first kappa shape index (κ1) is 22.8. The molecular weight excluding hydrogens is 420 g/mol. The molecule has 1 aromatic rings. The van der Waals surface area contributed by atoms with Crippen LogP contribution in [0.5, 0.6) is 0 Å². The Morgan fingerprint density at radius 1 is 1.41 bits per heavy atom. The van der Waals surface area contributed by atoms with Crippen molar-refractivity contribution < 1.29 is 23.8 Å². The van der Waals surface area contributed by atoms with Crippen LogP contribution in [-0.2, 0) is 23.8 Å². The van der Waals surface area contributed by atoms with Crippen LogP contribution in [-0.4, -0.2) is 42.2 Å². The fourth-order valence-electron chi connectivity index (χ4n) is 2.88.